The van der Waals surface area contributed by atoms with Crippen molar-refractivity contribution in [1.29, 1.82) is 0 Å². The summed E-state index contributed by atoms with van der Waals surface area (Å²) < 4.78 is 15.3. The zero-order chi connectivity index (χ0) is 19.7. The predicted molar refractivity (Wildman–Crippen MR) is 108 cm³/mol. The van der Waals surface area contributed by atoms with Crippen LogP contribution in [-0.4, -0.2) is 25.4 Å². The van der Waals surface area contributed by atoms with Crippen LogP contribution in [0.4, 0.5) is 10.1 Å². The van der Waals surface area contributed by atoms with E-state index in [-0.39, 0.29) is 11.7 Å². The van der Waals surface area contributed by atoms with Gasteiger partial charge in [0.25, 0.3) is 0 Å². The first-order valence-electron chi connectivity index (χ1n) is 9.43. The average molecular weight is 379 g/mol. The SMILES string of the molecule is CCc1nc2cc(NC(=O)CCCc3nc4ccc(F)cc4[nH]3)ccc2n1C. The molecule has 2 aromatic carbocycles. The number of nitrogens with one attached hydrogen (secondary N) is 2. The van der Waals surface area contributed by atoms with Gasteiger partial charge < -0.3 is 14.9 Å². The fourth-order valence-electron chi connectivity index (χ4n) is 3.44. The lowest BCUT2D eigenvalue weighted by atomic mass is 10.2. The fourth-order valence-corrected chi connectivity index (χ4v) is 3.44. The molecule has 0 aliphatic rings. The molecule has 4 aromatic rings. The minimum Gasteiger partial charge on any atom is -0.342 e. The molecule has 0 saturated carbocycles. The Morgan fingerprint density at radius 1 is 1.18 bits per heavy atom. The molecule has 0 aliphatic carbocycles. The number of aromatic nitrogens is 4. The van der Waals surface area contributed by atoms with Crippen molar-refractivity contribution in [2.75, 3.05) is 5.32 Å². The number of rotatable bonds is 6. The van der Waals surface area contributed by atoms with Gasteiger partial charge in [0.2, 0.25) is 5.91 Å². The highest BCUT2D eigenvalue weighted by Gasteiger charge is 2.09. The zero-order valence-corrected chi connectivity index (χ0v) is 15.9. The molecule has 0 aliphatic heterocycles. The molecule has 0 saturated heterocycles. The second kappa shape index (κ2) is 7.42. The number of anilines is 1. The molecule has 28 heavy (non-hydrogen) atoms. The van der Waals surface area contributed by atoms with Crippen molar-refractivity contribution in [1.82, 2.24) is 19.5 Å². The van der Waals surface area contributed by atoms with Crippen LogP contribution in [0, 0.1) is 5.82 Å². The van der Waals surface area contributed by atoms with Crippen molar-refractivity contribution >= 4 is 33.7 Å². The van der Waals surface area contributed by atoms with Crippen molar-refractivity contribution in [3.63, 3.8) is 0 Å². The molecule has 0 bridgehead atoms. The Morgan fingerprint density at radius 3 is 2.86 bits per heavy atom. The van der Waals surface area contributed by atoms with Crippen LogP contribution in [0.25, 0.3) is 22.1 Å². The molecule has 0 radical (unpaired) electrons. The second-order valence-corrected chi connectivity index (χ2v) is 6.89. The van der Waals surface area contributed by atoms with Gasteiger partial charge in [0.15, 0.2) is 0 Å². The van der Waals surface area contributed by atoms with Gasteiger partial charge in [-0.15, -0.1) is 0 Å². The van der Waals surface area contributed by atoms with Crippen molar-refractivity contribution in [2.45, 2.75) is 32.6 Å². The summed E-state index contributed by atoms with van der Waals surface area (Å²) in [6, 6.07) is 10.2. The first-order chi connectivity index (χ1) is 13.5. The number of nitrogens with zero attached hydrogens (tertiary/aromatic N) is 3. The Labute approximate surface area is 161 Å². The van der Waals surface area contributed by atoms with Gasteiger partial charge in [-0.3, -0.25) is 4.79 Å². The zero-order valence-electron chi connectivity index (χ0n) is 15.9. The highest BCUT2D eigenvalue weighted by Crippen LogP contribution is 2.20. The summed E-state index contributed by atoms with van der Waals surface area (Å²) in [6.07, 6.45) is 2.52. The van der Waals surface area contributed by atoms with E-state index in [1.54, 1.807) is 6.07 Å². The summed E-state index contributed by atoms with van der Waals surface area (Å²) in [5.74, 6) is 1.44. The van der Waals surface area contributed by atoms with Gasteiger partial charge in [-0.05, 0) is 42.8 Å². The van der Waals surface area contributed by atoms with Crippen molar-refractivity contribution < 1.29 is 9.18 Å². The molecular formula is C21H22FN5O. The topological polar surface area (TPSA) is 75.6 Å². The van der Waals surface area contributed by atoms with Crippen molar-refractivity contribution in [3.8, 4) is 0 Å². The Morgan fingerprint density at radius 2 is 2.04 bits per heavy atom. The van der Waals surface area contributed by atoms with Gasteiger partial charge in [-0.1, -0.05) is 6.92 Å². The molecule has 144 valence electrons. The molecular weight excluding hydrogens is 357 g/mol. The molecule has 4 rings (SSSR count). The maximum absolute atomic E-state index is 13.2. The first-order valence-corrected chi connectivity index (χ1v) is 9.43. The smallest absolute Gasteiger partial charge is 0.224 e. The van der Waals surface area contributed by atoms with Crippen LogP contribution in [-0.2, 0) is 24.7 Å². The average Bonchev–Trinajstić information content (AvgIpc) is 3.21. The Balaban J connectivity index is 1.35. The molecule has 0 unspecified atom stereocenters. The van der Waals surface area contributed by atoms with E-state index in [2.05, 4.69) is 31.8 Å². The van der Waals surface area contributed by atoms with Crippen LogP contribution in [0.15, 0.2) is 36.4 Å². The van der Waals surface area contributed by atoms with Gasteiger partial charge in [-0.2, -0.15) is 0 Å². The standard InChI is InChI=1S/C21H22FN5O/c1-3-20-26-17-12-14(8-10-18(17)27(20)2)23-21(28)6-4-5-19-24-15-9-7-13(22)11-16(15)25-19/h7-12H,3-6H2,1-2H3,(H,23,28)(H,24,25). The number of imidazole rings is 2. The van der Waals surface area contributed by atoms with Gasteiger partial charge in [-0.25, -0.2) is 14.4 Å². The van der Waals surface area contributed by atoms with Crippen LogP contribution in [0.3, 0.4) is 0 Å². The Hall–Kier alpha value is -3.22. The number of benzene rings is 2. The molecule has 2 heterocycles. The van der Waals surface area contributed by atoms with Crippen LogP contribution in [0.5, 0.6) is 0 Å². The predicted octanol–water partition coefficient (Wildman–Crippen LogP) is 4.11. The quantitative estimate of drug-likeness (QED) is 0.529. The third kappa shape index (κ3) is 3.60. The monoisotopic (exact) mass is 379 g/mol. The molecule has 6 nitrogen and oxygen atoms in total. The Bertz CT molecular complexity index is 1160. The lowest BCUT2D eigenvalue weighted by molar-refractivity contribution is -0.116. The largest absolute Gasteiger partial charge is 0.342 e. The summed E-state index contributed by atoms with van der Waals surface area (Å²) in [4.78, 5) is 24.4. The minimum atomic E-state index is -0.294. The third-order valence-electron chi connectivity index (χ3n) is 4.88. The van der Waals surface area contributed by atoms with E-state index in [4.69, 9.17) is 0 Å². The third-order valence-corrected chi connectivity index (χ3v) is 4.88. The summed E-state index contributed by atoms with van der Waals surface area (Å²) >= 11 is 0. The molecule has 2 aromatic heterocycles. The van der Waals surface area contributed by atoms with E-state index < -0.39 is 0 Å². The van der Waals surface area contributed by atoms with Crippen LogP contribution < -0.4 is 5.32 Å². The maximum atomic E-state index is 13.2. The number of halogens is 1. The van der Waals surface area contributed by atoms with Gasteiger partial charge >= 0.3 is 0 Å². The molecule has 0 fully saturated rings. The minimum absolute atomic E-state index is 0.0480. The number of hydrogen-bond donors (Lipinski definition) is 2. The second-order valence-electron chi connectivity index (χ2n) is 6.89. The maximum Gasteiger partial charge on any atom is 0.224 e. The molecule has 0 spiro atoms. The van der Waals surface area contributed by atoms with E-state index >= 15 is 0 Å². The fraction of sp³-hybridized carbons (Fsp3) is 0.286. The van der Waals surface area contributed by atoms with E-state index in [1.807, 2.05) is 25.2 Å². The van der Waals surface area contributed by atoms with E-state index in [9.17, 15) is 9.18 Å². The number of carbonyl (C=O) groups is 1. The molecule has 2 N–H and O–H groups in total. The molecule has 7 heteroatoms. The number of H-pyrrole nitrogens is 1. The number of carbonyl (C=O) groups excluding carboxylic acids is 1. The molecule has 1 amide bonds. The lowest BCUT2D eigenvalue weighted by Crippen LogP contribution is -2.11. The van der Waals surface area contributed by atoms with Gasteiger partial charge in [0.1, 0.15) is 17.5 Å². The highest BCUT2D eigenvalue weighted by atomic mass is 19.1. The Kier molecular flexibility index (Phi) is 4.81. The number of aromatic amines is 1. The summed E-state index contributed by atoms with van der Waals surface area (Å²) in [6.45, 7) is 2.07. The number of fused-ring (bicyclic) bond motifs is 2. The van der Waals surface area contributed by atoms with Crippen LogP contribution >= 0.6 is 0 Å². The van der Waals surface area contributed by atoms with Crippen molar-refractivity contribution in [2.24, 2.45) is 7.05 Å². The summed E-state index contributed by atoms with van der Waals surface area (Å²) in [5.41, 5.74) is 4.09. The van der Waals surface area contributed by atoms with Crippen LogP contribution in [0.2, 0.25) is 0 Å². The lowest BCUT2D eigenvalue weighted by Gasteiger charge is -2.05. The molecule has 0 atom stereocenters. The van der Waals surface area contributed by atoms with E-state index in [0.29, 0.717) is 24.8 Å². The van der Waals surface area contributed by atoms with Gasteiger partial charge in [0, 0.05) is 32.0 Å². The highest BCUT2D eigenvalue weighted by molar-refractivity contribution is 5.93. The normalized spacial score (nSPS) is 11.4. The van der Waals surface area contributed by atoms with Gasteiger partial charge in [0.05, 0.1) is 22.1 Å². The van der Waals surface area contributed by atoms with E-state index in [1.165, 1.54) is 12.1 Å². The number of amides is 1. The number of hydrogen-bond acceptors (Lipinski definition) is 3. The summed E-state index contributed by atoms with van der Waals surface area (Å²) in [7, 11) is 2.00. The van der Waals surface area contributed by atoms with Crippen molar-refractivity contribution in [3.05, 3.63) is 53.9 Å². The van der Waals surface area contributed by atoms with E-state index in [0.717, 1.165) is 40.3 Å². The first kappa shape index (κ1) is 18.2. The van der Waals surface area contributed by atoms with Crippen LogP contribution in [0.1, 0.15) is 31.4 Å². The summed E-state index contributed by atoms with van der Waals surface area (Å²) in [5, 5.41) is 2.93. The number of aryl methyl sites for hydroxylation is 3.